The van der Waals surface area contributed by atoms with Crippen LogP contribution in [0.25, 0.3) is 10.9 Å². The second-order valence-electron chi connectivity index (χ2n) is 5.32. The molecule has 1 amide bonds. The van der Waals surface area contributed by atoms with Crippen LogP contribution in [-0.2, 0) is 13.5 Å². The SMILES string of the molecule is CCCc1nnc(NC(=O)c2cn(C)c3c(Cl)cccc3c2=O)s1. The number of hydrogen-bond donors (Lipinski definition) is 1. The van der Waals surface area contributed by atoms with Crippen molar-refractivity contribution in [3.8, 4) is 0 Å². The van der Waals surface area contributed by atoms with Crippen LogP contribution in [0.15, 0.2) is 29.2 Å². The van der Waals surface area contributed by atoms with Gasteiger partial charge in [-0.3, -0.25) is 14.9 Å². The number of pyridine rings is 1. The van der Waals surface area contributed by atoms with Gasteiger partial charge in [0.1, 0.15) is 10.6 Å². The van der Waals surface area contributed by atoms with Gasteiger partial charge in [-0.1, -0.05) is 35.9 Å². The second kappa shape index (κ2) is 6.70. The number of hydrogen-bond acceptors (Lipinski definition) is 5. The van der Waals surface area contributed by atoms with E-state index in [2.05, 4.69) is 15.5 Å². The molecule has 6 nitrogen and oxygen atoms in total. The molecule has 0 saturated carbocycles. The molecule has 2 heterocycles. The first-order valence-electron chi connectivity index (χ1n) is 7.43. The summed E-state index contributed by atoms with van der Waals surface area (Å²) in [7, 11) is 1.74. The molecule has 0 bridgehead atoms. The van der Waals surface area contributed by atoms with Gasteiger partial charge in [-0.2, -0.15) is 0 Å². The van der Waals surface area contributed by atoms with Crippen LogP contribution < -0.4 is 10.7 Å². The monoisotopic (exact) mass is 362 g/mol. The minimum atomic E-state index is -0.503. The quantitative estimate of drug-likeness (QED) is 0.772. The molecular formula is C16H15ClN4O2S. The Morgan fingerprint density at radius 1 is 1.38 bits per heavy atom. The van der Waals surface area contributed by atoms with Gasteiger partial charge >= 0.3 is 0 Å². The minimum Gasteiger partial charge on any atom is -0.348 e. The van der Waals surface area contributed by atoms with Crippen LogP contribution in [0.5, 0.6) is 0 Å². The standard InChI is InChI=1S/C16H15ClN4O2S/c1-3-5-12-19-20-16(24-12)18-15(23)10-8-21(2)13-9(14(10)22)6-4-7-11(13)17/h4,6-8H,3,5H2,1-2H3,(H,18,20,23). The van der Waals surface area contributed by atoms with Gasteiger partial charge in [0.2, 0.25) is 10.6 Å². The lowest BCUT2D eigenvalue weighted by atomic mass is 10.1. The van der Waals surface area contributed by atoms with Crippen molar-refractivity contribution >= 4 is 44.9 Å². The van der Waals surface area contributed by atoms with Crippen LogP contribution in [0.4, 0.5) is 5.13 Å². The molecule has 2 aromatic heterocycles. The highest BCUT2D eigenvalue weighted by Gasteiger charge is 2.17. The van der Waals surface area contributed by atoms with E-state index in [9.17, 15) is 9.59 Å². The van der Waals surface area contributed by atoms with Crippen LogP contribution in [0, 0.1) is 0 Å². The zero-order valence-corrected chi connectivity index (χ0v) is 14.7. The fourth-order valence-electron chi connectivity index (χ4n) is 2.46. The maximum Gasteiger partial charge on any atom is 0.262 e. The van der Waals surface area contributed by atoms with Crippen LogP contribution in [-0.4, -0.2) is 20.7 Å². The van der Waals surface area contributed by atoms with E-state index in [0.717, 1.165) is 17.8 Å². The molecule has 0 aliphatic heterocycles. The maximum atomic E-state index is 12.6. The van der Waals surface area contributed by atoms with E-state index >= 15 is 0 Å². The van der Waals surface area contributed by atoms with E-state index in [-0.39, 0.29) is 11.0 Å². The summed E-state index contributed by atoms with van der Waals surface area (Å²) >= 11 is 7.46. The lowest BCUT2D eigenvalue weighted by molar-refractivity contribution is 0.102. The first-order valence-corrected chi connectivity index (χ1v) is 8.62. The summed E-state index contributed by atoms with van der Waals surface area (Å²) in [4.78, 5) is 25.1. The number of rotatable bonds is 4. The molecule has 0 fully saturated rings. The average Bonchev–Trinajstić information content (AvgIpc) is 2.98. The lowest BCUT2D eigenvalue weighted by Gasteiger charge is -2.09. The highest BCUT2D eigenvalue weighted by molar-refractivity contribution is 7.15. The Morgan fingerprint density at radius 3 is 2.92 bits per heavy atom. The van der Waals surface area contributed by atoms with Crippen molar-refractivity contribution in [1.82, 2.24) is 14.8 Å². The molecule has 3 aromatic rings. The molecule has 0 spiro atoms. The molecule has 1 aromatic carbocycles. The topological polar surface area (TPSA) is 76.9 Å². The van der Waals surface area contributed by atoms with Crippen molar-refractivity contribution in [2.75, 3.05) is 5.32 Å². The molecule has 0 radical (unpaired) electrons. The number of nitrogens with zero attached hydrogens (tertiary/aromatic N) is 3. The summed E-state index contributed by atoms with van der Waals surface area (Å²) in [6.07, 6.45) is 3.25. The number of amides is 1. The summed E-state index contributed by atoms with van der Waals surface area (Å²) in [5.74, 6) is -0.503. The molecule has 0 aliphatic carbocycles. The lowest BCUT2D eigenvalue weighted by Crippen LogP contribution is -2.23. The predicted octanol–water partition coefficient (Wildman–Crippen LogP) is 3.25. The third kappa shape index (κ3) is 3.05. The Labute approximate surface area is 147 Å². The van der Waals surface area contributed by atoms with Crippen molar-refractivity contribution < 1.29 is 4.79 Å². The Balaban J connectivity index is 1.98. The van der Waals surface area contributed by atoms with E-state index in [1.807, 2.05) is 6.92 Å². The second-order valence-corrected chi connectivity index (χ2v) is 6.79. The molecule has 1 N–H and O–H groups in total. The largest absolute Gasteiger partial charge is 0.348 e. The van der Waals surface area contributed by atoms with Gasteiger partial charge in [0, 0.05) is 25.1 Å². The summed E-state index contributed by atoms with van der Waals surface area (Å²) in [5, 5.41) is 12.7. The zero-order valence-electron chi connectivity index (χ0n) is 13.2. The Kier molecular flexibility index (Phi) is 4.64. The first-order chi connectivity index (χ1) is 11.5. The Bertz CT molecular complexity index is 980. The number of benzene rings is 1. The van der Waals surface area contributed by atoms with Crippen LogP contribution >= 0.6 is 22.9 Å². The number of para-hydroxylation sites is 1. The fraction of sp³-hybridized carbons (Fsp3) is 0.250. The number of fused-ring (bicyclic) bond motifs is 1. The van der Waals surface area contributed by atoms with Crippen LogP contribution in [0.3, 0.4) is 0 Å². The van der Waals surface area contributed by atoms with E-state index in [0.29, 0.717) is 21.1 Å². The Hall–Kier alpha value is -2.25. The van der Waals surface area contributed by atoms with Crippen molar-refractivity contribution in [1.29, 1.82) is 0 Å². The van der Waals surface area contributed by atoms with E-state index in [1.54, 1.807) is 29.8 Å². The number of carbonyl (C=O) groups is 1. The smallest absolute Gasteiger partial charge is 0.262 e. The highest BCUT2D eigenvalue weighted by Crippen LogP contribution is 2.21. The molecule has 124 valence electrons. The zero-order chi connectivity index (χ0) is 17.3. The van der Waals surface area contributed by atoms with Gasteiger partial charge in [0.15, 0.2) is 0 Å². The molecule has 0 saturated heterocycles. The van der Waals surface area contributed by atoms with Gasteiger partial charge in [0.25, 0.3) is 5.91 Å². The third-order valence-electron chi connectivity index (χ3n) is 3.55. The van der Waals surface area contributed by atoms with Crippen molar-refractivity contribution in [3.05, 3.63) is 50.2 Å². The van der Waals surface area contributed by atoms with E-state index < -0.39 is 5.91 Å². The number of halogens is 1. The number of aromatic nitrogens is 3. The van der Waals surface area contributed by atoms with Gasteiger partial charge in [-0.15, -0.1) is 10.2 Å². The van der Waals surface area contributed by atoms with Crippen molar-refractivity contribution in [2.24, 2.45) is 7.05 Å². The molecule has 0 atom stereocenters. The number of carbonyl (C=O) groups excluding carboxylic acids is 1. The molecule has 8 heteroatoms. The first kappa shape index (κ1) is 16.6. The normalized spacial score (nSPS) is 11.0. The van der Waals surface area contributed by atoms with Gasteiger partial charge in [-0.05, 0) is 18.6 Å². The molecule has 0 aliphatic rings. The average molecular weight is 363 g/mol. The maximum absolute atomic E-state index is 12.6. The van der Waals surface area contributed by atoms with Gasteiger partial charge in [0.05, 0.1) is 10.5 Å². The Morgan fingerprint density at radius 2 is 2.17 bits per heavy atom. The molecule has 3 rings (SSSR count). The van der Waals surface area contributed by atoms with Crippen LogP contribution in [0.2, 0.25) is 5.02 Å². The fourth-order valence-corrected chi connectivity index (χ4v) is 3.61. The van der Waals surface area contributed by atoms with Gasteiger partial charge in [-0.25, -0.2) is 0 Å². The molecule has 24 heavy (non-hydrogen) atoms. The van der Waals surface area contributed by atoms with Crippen molar-refractivity contribution in [2.45, 2.75) is 19.8 Å². The number of anilines is 1. The van der Waals surface area contributed by atoms with E-state index in [1.165, 1.54) is 17.5 Å². The predicted molar refractivity (Wildman–Crippen MR) is 96.1 cm³/mol. The molecular weight excluding hydrogens is 348 g/mol. The van der Waals surface area contributed by atoms with Gasteiger partial charge < -0.3 is 4.57 Å². The third-order valence-corrected chi connectivity index (χ3v) is 4.75. The summed E-state index contributed by atoms with van der Waals surface area (Å²) in [5.41, 5.74) is 0.280. The minimum absolute atomic E-state index is 0.0412. The van der Waals surface area contributed by atoms with Crippen LogP contribution in [0.1, 0.15) is 28.7 Å². The molecule has 0 unspecified atom stereocenters. The summed E-state index contributed by atoms with van der Waals surface area (Å²) < 4.78 is 1.68. The summed E-state index contributed by atoms with van der Waals surface area (Å²) in [6.45, 7) is 2.05. The number of aryl methyl sites for hydroxylation is 2. The van der Waals surface area contributed by atoms with Crippen molar-refractivity contribution in [3.63, 3.8) is 0 Å². The summed E-state index contributed by atoms with van der Waals surface area (Å²) in [6, 6.07) is 5.06. The number of nitrogens with one attached hydrogen (secondary N) is 1. The van der Waals surface area contributed by atoms with E-state index in [4.69, 9.17) is 11.6 Å². The highest BCUT2D eigenvalue weighted by atomic mass is 35.5.